The summed E-state index contributed by atoms with van der Waals surface area (Å²) < 4.78 is 10.7. The Labute approximate surface area is 144 Å². The zero-order chi connectivity index (χ0) is 18.7. The lowest BCUT2D eigenvalue weighted by Crippen LogP contribution is -2.45. The number of likely N-dealkylation sites (tertiary alicyclic amines) is 1. The van der Waals surface area contributed by atoms with Crippen molar-refractivity contribution in [3.8, 4) is 0 Å². The van der Waals surface area contributed by atoms with Crippen LogP contribution in [0.4, 0.5) is 4.79 Å². The first-order valence-electron chi connectivity index (χ1n) is 8.35. The van der Waals surface area contributed by atoms with Crippen LogP contribution >= 0.6 is 0 Å². The third kappa shape index (κ3) is 7.49. The number of hydrogen-bond donors (Lipinski definition) is 1. The number of rotatable bonds is 4. The SMILES string of the molecule is CN(CC(=O)OC(C)(C)C)C[C@@H]1C[C@@H](O)CN1C(=O)OC(C)(C)C. The largest absolute Gasteiger partial charge is 0.459 e. The minimum absolute atomic E-state index is 0.131. The molecule has 140 valence electrons. The Balaban J connectivity index is 2.60. The molecule has 1 heterocycles. The normalized spacial score (nSPS) is 22.0. The number of ether oxygens (including phenoxy) is 2. The van der Waals surface area contributed by atoms with Gasteiger partial charge in [-0.2, -0.15) is 0 Å². The van der Waals surface area contributed by atoms with E-state index < -0.39 is 23.4 Å². The summed E-state index contributed by atoms with van der Waals surface area (Å²) in [5, 5.41) is 9.91. The molecule has 0 unspecified atom stereocenters. The van der Waals surface area contributed by atoms with Gasteiger partial charge in [-0.05, 0) is 55.0 Å². The predicted octanol–water partition coefficient (Wildman–Crippen LogP) is 1.63. The van der Waals surface area contributed by atoms with E-state index in [1.54, 1.807) is 37.6 Å². The third-order valence-corrected chi connectivity index (χ3v) is 3.36. The molecule has 0 radical (unpaired) electrons. The van der Waals surface area contributed by atoms with Crippen LogP contribution in [0.2, 0.25) is 0 Å². The van der Waals surface area contributed by atoms with Crippen molar-refractivity contribution in [1.82, 2.24) is 9.80 Å². The average Bonchev–Trinajstić information content (AvgIpc) is 2.64. The molecule has 0 saturated carbocycles. The number of hydrogen-bond acceptors (Lipinski definition) is 6. The monoisotopic (exact) mass is 344 g/mol. The maximum absolute atomic E-state index is 12.3. The van der Waals surface area contributed by atoms with Gasteiger partial charge in [0.05, 0.1) is 25.2 Å². The first-order chi connectivity index (χ1) is 10.8. The van der Waals surface area contributed by atoms with Crippen molar-refractivity contribution in [3.63, 3.8) is 0 Å². The lowest BCUT2D eigenvalue weighted by molar-refractivity contribution is -0.155. The van der Waals surface area contributed by atoms with Crippen LogP contribution in [0.15, 0.2) is 0 Å². The van der Waals surface area contributed by atoms with Crippen LogP contribution in [0.25, 0.3) is 0 Å². The molecule has 1 aliphatic heterocycles. The minimum Gasteiger partial charge on any atom is -0.459 e. The van der Waals surface area contributed by atoms with Crippen molar-refractivity contribution in [2.45, 2.75) is 71.3 Å². The second-order valence-electron chi connectivity index (χ2n) is 8.46. The molecule has 0 aromatic carbocycles. The number of esters is 1. The van der Waals surface area contributed by atoms with Gasteiger partial charge in [-0.3, -0.25) is 9.69 Å². The van der Waals surface area contributed by atoms with Gasteiger partial charge in [-0.25, -0.2) is 4.79 Å². The standard InChI is InChI=1S/C17H32N2O5/c1-16(2,3)23-14(21)11-18(7)9-12-8-13(20)10-19(12)15(22)24-17(4,5)6/h12-13,20H,8-11H2,1-7H3/t12-,13+/m0/s1. The van der Waals surface area contributed by atoms with Crippen LogP contribution in [0.5, 0.6) is 0 Å². The number of carbonyl (C=O) groups is 2. The first-order valence-corrected chi connectivity index (χ1v) is 8.35. The maximum atomic E-state index is 12.3. The zero-order valence-electron chi connectivity index (χ0n) is 16.0. The topological polar surface area (TPSA) is 79.3 Å². The molecule has 1 aliphatic rings. The van der Waals surface area contributed by atoms with Crippen molar-refractivity contribution in [2.24, 2.45) is 0 Å². The molecule has 0 aromatic heterocycles. The van der Waals surface area contributed by atoms with E-state index in [9.17, 15) is 14.7 Å². The second kappa shape index (κ2) is 7.70. The summed E-state index contributed by atoms with van der Waals surface area (Å²) in [6, 6.07) is -0.192. The molecule has 1 rings (SSSR count). The van der Waals surface area contributed by atoms with Crippen LogP contribution in [0.1, 0.15) is 48.0 Å². The van der Waals surface area contributed by atoms with E-state index in [-0.39, 0.29) is 25.1 Å². The molecule has 0 aromatic rings. The fourth-order valence-electron chi connectivity index (χ4n) is 2.63. The first kappa shape index (κ1) is 20.7. The van der Waals surface area contributed by atoms with Gasteiger partial charge in [0.15, 0.2) is 0 Å². The summed E-state index contributed by atoms with van der Waals surface area (Å²) in [6.07, 6.45) is -0.537. The molecule has 1 amide bonds. The van der Waals surface area contributed by atoms with E-state index in [2.05, 4.69) is 0 Å². The summed E-state index contributed by atoms with van der Waals surface area (Å²) in [4.78, 5) is 27.5. The average molecular weight is 344 g/mol. The quantitative estimate of drug-likeness (QED) is 0.781. The fraction of sp³-hybridized carbons (Fsp3) is 0.882. The van der Waals surface area contributed by atoms with Crippen molar-refractivity contribution in [1.29, 1.82) is 0 Å². The molecule has 1 fully saturated rings. The van der Waals surface area contributed by atoms with E-state index in [1.807, 2.05) is 20.8 Å². The fourth-order valence-corrected chi connectivity index (χ4v) is 2.63. The lowest BCUT2D eigenvalue weighted by atomic mass is 10.2. The van der Waals surface area contributed by atoms with Crippen LogP contribution in [0, 0.1) is 0 Å². The van der Waals surface area contributed by atoms with Gasteiger partial charge < -0.3 is 19.5 Å². The number of aliphatic hydroxyl groups is 1. The van der Waals surface area contributed by atoms with Crippen molar-refractivity contribution >= 4 is 12.1 Å². The summed E-state index contributed by atoms with van der Waals surface area (Å²) >= 11 is 0. The van der Waals surface area contributed by atoms with Crippen LogP contribution in [0.3, 0.4) is 0 Å². The number of likely N-dealkylation sites (N-methyl/N-ethyl adjacent to an activating group) is 1. The molecule has 7 nitrogen and oxygen atoms in total. The van der Waals surface area contributed by atoms with Gasteiger partial charge in [-0.15, -0.1) is 0 Å². The van der Waals surface area contributed by atoms with Gasteiger partial charge >= 0.3 is 12.1 Å². The molecule has 0 aliphatic carbocycles. The highest BCUT2D eigenvalue weighted by atomic mass is 16.6. The van der Waals surface area contributed by atoms with Gasteiger partial charge in [0.1, 0.15) is 11.2 Å². The number of amides is 1. The molecule has 24 heavy (non-hydrogen) atoms. The third-order valence-electron chi connectivity index (χ3n) is 3.36. The zero-order valence-corrected chi connectivity index (χ0v) is 16.0. The Morgan fingerprint density at radius 1 is 1.12 bits per heavy atom. The summed E-state index contributed by atoms with van der Waals surface area (Å²) in [5.74, 6) is -0.313. The van der Waals surface area contributed by atoms with E-state index in [0.717, 1.165) is 0 Å². The van der Waals surface area contributed by atoms with Crippen molar-refractivity contribution in [2.75, 3.05) is 26.7 Å². The van der Waals surface area contributed by atoms with Crippen molar-refractivity contribution < 1.29 is 24.2 Å². The molecular formula is C17H32N2O5. The molecule has 1 saturated heterocycles. The molecule has 0 spiro atoms. The summed E-state index contributed by atoms with van der Waals surface area (Å²) in [6.45, 7) is 11.7. The van der Waals surface area contributed by atoms with Gasteiger partial charge in [0.2, 0.25) is 0 Å². The summed E-state index contributed by atoms with van der Waals surface area (Å²) in [7, 11) is 1.79. The smallest absolute Gasteiger partial charge is 0.410 e. The molecule has 0 bridgehead atoms. The van der Waals surface area contributed by atoms with Gasteiger partial charge in [-0.1, -0.05) is 0 Å². The molecule has 7 heteroatoms. The van der Waals surface area contributed by atoms with E-state index in [4.69, 9.17) is 9.47 Å². The van der Waals surface area contributed by atoms with Crippen molar-refractivity contribution in [3.05, 3.63) is 0 Å². The Kier molecular flexibility index (Phi) is 6.64. The summed E-state index contributed by atoms with van der Waals surface area (Å²) in [5.41, 5.74) is -1.11. The van der Waals surface area contributed by atoms with E-state index in [0.29, 0.717) is 13.0 Å². The van der Waals surface area contributed by atoms with Crippen LogP contribution in [-0.2, 0) is 14.3 Å². The number of carbonyl (C=O) groups excluding carboxylic acids is 2. The molecule has 1 N–H and O–H groups in total. The van der Waals surface area contributed by atoms with E-state index >= 15 is 0 Å². The Hall–Kier alpha value is -1.34. The molecular weight excluding hydrogens is 312 g/mol. The maximum Gasteiger partial charge on any atom is 0.410 e. The van der Waals surface area contributed by atoms with E-state index in [1.165, 1.54) is 0 Å². The Morgan fingerprint density at radius 3 is 2.17 bits per heavy atom. The highest BCUT2D eigenvalue weighted by molar-refractivity contribution is 5.72. The highest BCUT2D eigenvalue weighted by Crippen LogP contribution is 2.22. The Morgan fingerprint density at radius 2 is 1.67 bits per heavy atom. The predicted molar refractivity (Wildman–Crippen MR) is 90.7 cm³/mol. The number of aliphatic hydroxyl groups excluding tert-OH is 1. The van der Waals surface area contributed by atoms with Crippen LogP contribution < -0.4 is 0 Å². The molecule has 2 atom stereocenters. The Bertz CT molecular complexity index is 453. The van der Waals surface area contributed by atoms with Gasteiger partial charge in [0, 0.05) is 6.54 Å². The minimum atomic E-state index is -0.586. The van der Waals surface area contributed by atoms with Crippen LogP contribution in [-0.4, -0.2) is 77.0 Å². The number of β-amino-alcohol motifs (C(OH)–C–C–N with tert-alkyl or cyclic N) is 1. The number of nitrogens with zero attached hydrogens (tertiary/aromatic N) is 2. The second-order valence-corrected chi connectivity index (χ2v) is 8.46. The highest BCUT2D eigenvalue weighted by Gasteiger charge is 2.37. The van der Waals surface area contributed by atoms with Gasteiger partial charge in [0.25, 0.3) is 0 Å². The lowest BCUT2D eigenvalue weighted by Gasteiger charge is -2.30.